The van der Waals surface area contributed by atoms with Gasteiger partial charge >= 0.3 is 0 Å². The first-order chi connectivity index (χ1) is 16.4. The van der Waals surface area contributed by atoms with Gasteiger partial charge in [-0.05, 0) is 80.7 Å². The average molecular weight is 532 g/mol. The minimum atomic E-state index is -0.500. The summed E-state index contributed by atoms with van der Waals surface area (Å²) in [5.74, 6) is 0.169. The van der Waals surface area contributed by atoms with Gasteiger partial charge in [0.1, 0.15) is 24.0 Å². The number of ether oxygens (including phenoxy) is 1. The number of hydrogen-bond donors (Lipinski definition) is 1. The van der Waals surface area contributed by atoms with E-state index in [2.05, 4.69) is 39.4 Å². The predicted octanol–water partition coefficient (Wildman–Crippen LogP) is 7.69. The van der Waals surface area contributed by atoms with Crippen molar-refractivity contribution in [3.05, 3.63) is 111 Å². The smallest absolute Gasteiger partial charge is 0.266 e. The topological polar surface area (TPSA) is 62.1 Å². The van der Waals surface area contributed by atoms with Crippen molar-refractivity contribution in [2.45, 2.75) is 13.5 Å². The monoisotopic (exact) mass is 530 g/mol. The summed E-state index contributed by atoms with van der Waals surface area (Å²) >= 11 is 9.56. The highest BCUT2D eigenvalue weighted by molar-refractivity contribution is 9.10. The number of benzene rings is 4. The van der Waals surface area contributed by atoms with Crippen LogP contribution >= 0.6 is 27.5 Å². The lowest BCUT2D eigenvalue weighted by Crippen LogP contribution is -2.14. The number of nitrogens with zero attached hydrogens (tertiary/aromatic N) is 1. The van der Waals surface area contributed by atoms with Crippen LogP contribution in [0.2, 0.25) is 5.02 Å². The Morgan fingerprint density at radius 2 is 1.88 bits per heavy atom. The minimum Gasteiger partial charge on any atom is -0.488 e. The number of halogens is 2. The molecule has 0 radical (unpaired) electrons. The molecule has 1 amide bonds. The molecule has 0 saturated carbocycles. The molecule has 0 aliphatic rings. The van der Waals surface area contributed by atoms with Gasteiger partial charge in [0.15, 0.2) is 0 Å². The Morgan fingerprint density at radius 3 is 2.68 bits per heavy atom. The van der Waals surface area contributed by atoms with Crippen LogP contribution in [0.4, 0.5) is 5.69 Å². The molecule has 0 spiro atoms. The molecule has 0 aromatic heterocycles. The highest BCUT2D eigenvalue weighted by Crippen LogP contribution is 2.29. The maximum Gasteiger partial charge on any atom is 0.266 e. The van der Waals surface area contributed by atoms with Gasteiger partial charge < -0.3 is 10.1 Å². The molecule has 0 unspecified atom stereocenters. The summed E-state index contributed by atoms with van der Waals surface area (Å²) in [7, 11) is 0. The fraction of sp³-hybridized carbons (Fsp3) is 0.0714. The van der Waals surface area contributed by atoms with Crippen molar-refractivity contribution in [3.8, 4) is 11.8 Å². The number of anilines is 1. The number of hydrogen-bond acceptors (Lipinski definition) is 3. The average Bonchev–Trinajstić information content (AvgIpc) is 2.84. The van der Waals surface area contributed by atoms with Crippen molar-refractivity contribution < 1.29 is 9.53 Å². The molecule has 0 aliphatic carbocycles. The molecule has 0 fully saturated rings. The van der Waals surface area contributed by atoms with Crippen LogP contribution in [-0.2, 0) is 11.4 Å². The van der Waals surface area contributed by atoms with E-state index in [9.17, 15) is 10.1 Å². The summed E-state index contributed by atoms with van der Waals surface area (Å²) in [6, 6.07) is 26.9. The molecule has 34 heavy (non-hydrogen) atoms. The molecule has 6 heteroatoms. The van der Waals surface area contributed by atoms with Gasteiger partial charge in [0.2, 0.25) is 0 Å². The van der Waals surface area contributed by atoms with E-state index in [0.29, 0.717) is 28.6 Å². The Bertz CT molecular complexity index is 1450. The van der Waals surface area contributed by atoms with Gasteiger partial charge in [-0.2, -0.15) is 5.26 Å². The maximum atomic E-state index is 12.6. The van der Waals surface area contributed by atoms with E-state index in [1.807, 2.05) is 55.5 Å². The lowest BCUT2D eigenvalue weighted by atomic mass is 10.1. The first-order valence-corrected chi connectivity index (χ1v) is 11.7. The normalized spacial score (nSPS) is 11.2. The van der Waals surface area contributed by atoms with Crippen molar-refractivity contribution in [2.24, 2.45) is 0 Å². The number of amides is 1. The number of fused-ring (bicyclic) bond motifs is 1. The summed E-state index contributed by atoms with van der Waals surface area (Å²) in [5.41, 5.74) is 3.19. The molecule has 0 saturated heterocycles. The SMILES string of the molecule is Cc1ccc(Cl)cc1NC(=O)/C(C#N)=C/c1ccc(OCc2cccc3ccccc23)c(Br)c1. The highest BCUT2D eigenvalue weighted by Gasteiger charge is 2.12. The molecule has 0 atom stereocenters. The van der Waals surface area contributed by atoms with Gasteiger partial charge in [0.05, 0.1) is 4.47 Å². The van der Waals surface area contributed by atoms with Crippen LogP contribution in [0, 0.1) is 18.3 Å². The van der Waals surface area contributed by atoms with Gasteiger partial charge in [-0.15, -0.1) is 0 Å². The largest absolute Gasteiger partial charge is 0.488 e. The number of carbonyl (C=O) groups is 1. The summed E-state index contributed by atoms with van der Waals surface area (Å²) in [5, 5.41) is 15.1. The molecule has 168 valence electrons. The Hall–Kier alpha value is -3.59. The maximum absolute atomic E-state index is 12.6. The molecule has 0 aliphatic heterocycles. The van der Waals surface area contributed by atoms with Crippen LogP contribution in [-0.4, -0.2) is 5.91 Å². The zero-order valence-corrected chi connectivity index (χ0v) is 20.7. The van der Waals surface area contributed by atoms with E-state index in [1.165, 1.54) is 11.5 Å². The van der Waals surface area contributed by atoms with Gasteiger partial charge in [-0.25, -0.2) is 0 Å². The highest BCUT2D eigenvalue weighted by atomic mass is 79.9. The summed E-state index contributed by atoms with van der Waals surface area (Å²) < 4.78 is 6.77. The van der Waals surface area contributed by atoms with Crippen LogP contribution in [0.5, 0.6) is 5.75 Å². The fourth-order valence-corrected chi connectivity index (χ4v) is 4.21. The first-order valence-electron chi connectivity index (χ1n) is 10.5. The lowest BCUT2D eigenvalue weighted by molar-refractivity contribution is -0.112. The second-order valence-electron chi connectivity index (χ2n) is 7.70. The van der Waals surface area contributed by atoms with Gasteiger partial charge in [0.25, 0.3) is 5.91 Å². The van der Waals surface area contributed by atoms with Crippen LogP contribution in [0.25, 0.3) is 16.8 Å². The Kier molecular flexibility index (Phi) is 7.32. The van der Waals surface area contributed by atoms with E-state index < -0.39 is 5.91 Å². The van der Waals surface area contributed by atoms with Gasteiger partial charge in [-0.3, -0.25) is 4.79 Å². The minimum absolute atomic E-state index is 0.0179. The molecule has 4 rings (SSSR count). The van der Waals surface area contributed by atoms with Crippen molar-refractivity contribution in [1.29, 1.82) is 5.26 Å². The van der Waals surface area contributed by atoms with Gasteiger partial charge in [0, 0.05) is 10.7 Å². The predicted molar refractivity (Wildman–Crippen MR) is 141 cm³/mol. The Morgan fingerprint density at radius 1 is 1.09 bits per heavy atom. The van der Waals surface area contributed by atoms with Crippen LogP contribution in [0.3, 0.4) is 0 Å². The summed E-state index contributed by atoms with van der Waals surface area (Å²) in [4.78, 5) is 12.6. The fourth-order valence-electron chi connectivity index (χ4n) is 3.53. The van der Waals surface area contributed by atoms with Crippen molar-refractivity contribution in [2.75, 3.05) is 5.32 Å². The van der Waals surface area contributed by atoms with Crippen molar-refractivity contribution in [3.63, 3.8) is 0 Å². The first kappa shape index (κ1) is 23.6. The van der Waals surface area contributed by atoms with Crippen LogP contribution in [0.15, 0.2) is 88.9 Å². The third-order valence-corrected chi connectivity index (χ3v) is 6.20. The number of nitriles is 1. The van der Waals surface area contributed by atoms with Gasteiger partial charge in [-0.1, -0.05) is 66.2 Å². The van der Waals surface area contributed by atoms with Crippen molar-refractivity contribution >= 4 is 56.0 Å². The quantitative estimate of drug-likeness (QED) is 0.205. The lowest BCUT2D eigenvalue weighted by Gasteiger charge is -2.11. The molecular weight excluding hydrogens is 512 g/mol. The van der Waals surface area contributed by atoms with Crippen molar-refractivity contribution in [1.82, 2.24) is 0 Å². The number of rotatable bonds is 6. The molecule has 0 bridgehead atoms. The third-order valence-electron chi connectivity index (χ3n) is 5.34. The van der Waals surface area contributed by atoms with E-state index in [1.54, 1.807) is 18.2 Å². The summed E-state index contributed by atoms with van der Waals surface area (Å²) in [6.45, 7) is 2.27. The van der Waals surface area contributed by atoms with E-state index >= 15 is 0 Å². The molecule has 4 nitrogen and oxygen atoms in total. The van der Waals surface area contributed by atoms with E-state index in [0.717, 1.165) is 21.0 Å². The number of nitrogens with one attached hydrogen (secondary N) is 1. The molecule has 1 N–H and O–H groups in total. The summed E-state index contributed by atoms with van der Waals surface area (Å²) in [6.07, 6.45) is 1.54. The molecular formula is C28H20BrClN2O2. The van der Waals surface area contributed by atoms with E-state index in [4.69, 9.17) is 16.3 Å². The third kappa shape index (κ3) is 5.48. The second-order valence-corrected chi connectivity index (χ2v) is 8.99. The molecule has 0 heterocycles. The second kappa shape index (κ2) is 10.6. The molecule has 4 aromatic rings. The zero-order valence-electron chi connectivity index (χ0n) is 18.3. The number of aryl methyl sites for hydroxylation is 1. The van der Waals surface area contributed by atoms with E-state index in [-0.39, 0.29) is 5.57 Å². The Balaban J connectivity index is 1.49. The van der Waals surface area contributed by atoms with Crippen LogP contribution in [0.1, 0.15) is 16.7 Å². The Labute approximate surface area is 211 Å². The standard InChI is InChI=1S/C28H20BrClN2O2/c1-18-9-11-23(30)15-26(18)32-28(33)22(16-31)13-19-10-12-27(25(29)14-19)34-17-21-7-4-6-20-5-2-3-8-24(20)21/h2-15H,17H2,1H3,(H,32,33)/b22-13+. The molecule has 4 aromatic carbocycles. The zero-order chi connectivity index (χ0) is 24.1. The van der Waals surface area contributed by atoms with Crippen LogP contribution < -0.4 is 10.1 Å². The number of carbonyl (C=O) groups excluding carboxylic acids is 1.